The number of rotatable bonds is 4. The van der Waals surface area contributed by atoms with E-state index >= 15 is 0 Å². The van der Waals surface area contributed by atoms with Gasteiger partial charge in [0.2, 0.25) is 0 Å². The van der Waals surface area contributed by atoms with Gasteiger partial charge in [0.15, 0.2) is 0 Å². The van der Waals surface area contributed by atoms with Crippen LogP contribution in [0.1, 0.15) is 5.56 Å². The van der Waals surface area contributed by atoms with E-state index in [1.54, 1.807) is 24.3 Å². The summed E-state index contributed by atoms with van der Waals surface area (Å²) < 4.78 is 5.18. The molecular formula is C20H19N3O5. The Labute approximate surface area is 160 Å². The van der Waals surface area contributed by atoms with E-state index in [9.17, 15) is 20.0 Å². The number of nitro groups is 1. The lowest BCUT2D eigenvalue weighted by Gasteiger charge is -2.36. The number of anilines is 1. The summed E-state index contributed by atoms with van der Waals surface area (Å²) in [5.41, 5.74) is 1.87. The van der Waals surface area contributed by atoms with Crippen LogP contribution in [0.15, 0.2) is 57.7 Å². The van der Waals surface area contributed by atoms with Crippen molar-refractivity contribution in [3.05, 3.63) is 74.6 Å². The highest BCUT2D eigenvalue weighted by Gasteiger charge is 2.19. The maximum absolute atomic E-state index is 11.8. The number of nitro benzene ring substituents is 1. The predicted octanol–water partition coefficient (Wildman–Crippen LogP) is 2.73. The van der Waals surface area contributed by atoms with Crippen LogP contribution in [0.4, 0.5) is 11.4 Å². The molecular weight excluding hydrogens is 362 g/mol. The fraction of sp³-hybridized carbons (Fsp3) is 0.250. The molecule has 3 aromatic rings. The smallest absolute Gasteiger partial charge is 0.336 e. The van der Waals surface area contributed by atoms with E-state index in [-0.39, 0.29) is 11.4 Å². The van der Waals surface area contributed by atoms with Gasteiger partial charge < -0.3 is 14.4 Å². The average molecular weight is 381 g/mol. The van der Waals surface area contributed by atoms with Crippen LogP contribution in [-0.4, -0.2) is 41.1 Å². The van der Waals surface area contributed by atoms with E-state index in [1.165, 1.54) is 24.3 Å². The third kappa shape index (κ3) is 3.67. The molecule has 1 aliphatic heterocycles. The van der Waals surface area contributed by atoms with Crippen molar-refractivity contribution in [2.45, 2.75) is 6.54 Å². The number of phenolic OH excluding ortho intramolecular Hbond substituents is 1. The van der Waals surface area contributed by atoms with Crippen molar-refractivity contribution in [3.8, 4) is 5.75 Å². The summed E-state index contributed by atoms with van der Waals surface area (Å²) in [5.74, 6) is 0.0597. The number of non-ortho nitro benzene ring substituents is 1. The Morgan fingerprint density at radius 1 is 1.04 bits per heavy atom. The minimum absolute atomic E-state index is 0.0597. The Morgan fingerprint density at radius 3 is 2.43 bits per heavy atom. The topological polar surface area (TPSA) is 100 Å². The van der Waals surface area contributed by atoms with Crippen molar-refractivity contribution in [2.24, 2.45) is 0 Å². The molecule has 8 nitrogen and oxygen atoms in total. The van der Waals surface area contributed by atoms with Crippen molar-refractivity contribution in [2.75, 3.05) is 31.1 Å². The zero-order chi connectivity index (χ0) is 19.7. The molecule has 0 spiro atoms. The number of phenols is 1. The van der Waals surface area contributed by atoms with E-state index in [4.69, 9.17) is 4.42 Å². The zero-order valence-electron chi connectivity index (χ0n) is 15.1. The van der Waals surface area contributed by atoms with Gasteiger partial charge >= 0.3 is 5.63 Å². The van der Waals surface area contributed by atoms with Gasteiger partial charge in [-0.15, -0.1) is 0 Å². The minimum atomic E-state index is -0.433. The van der Waals surface area contributed by atoms with Gasteiger partial charge in [-0.25, -0.2) is 4.79 Å². The molecule has 4 rings (SSSR count). The second-order valence-corrected chi connectivity index (χ2v) is 6.81. The maximum atomic E-state index is 11.8. The molecule has 0 bridgehead atoms. The number of nitrogens with zero attached hydrogens (tertiary/aromatic N) is 3. The first-order chi connectivity index (χ1) is 13.5. The molecule has 1 fully saturated rings. The van der Waals surface area contributed by atoms with Gasteiger partial charge in [0.1, 0.15) is 11.3 Å². The Hall–Kier alpha value is -3.39. The second kappa shape index (κ2) is 7.32. The maximum Gasteiger partial charge on any atom is 0.336 e. The Morgan fingerprint density at radius 2 is 1.75 bits per heavy atom. The van der Waals surface area contributed by atoms with Crippen LogP contribution in [0.5, 0.6) is 5.75 Å². The number of hydrogen-bond donors (Lipinski definition) is 1. The molecule has 0 radical (unpaired) electrons. The number of fused-ring (bicyclic) bond motifs is 1. The van der Waals surface area contributed by atoms with Crippen LogP contribution >= 0.6 is 0 Å². The van der Waals surface area contributed by atoms with Gasteiger partial charge in [0.05, 0.1) is 4.92 Å². The summed E-state index contributed by atoms with van der Waals surface area (Å²) in [5, 5.41) is 21.2. The molecule has 0 unspecified atom stereocenters. The van der Waals surface area contributed by atoms with Crippen LogP contribution in [0.25, 0.3) is 11.0 Å². The first kappa shape index (κ1) is 18.0. The van der Waals surface area contributed by atoms with Gasteiger partial charge in [-0.3, -0.25) is 15.0 Å². The predicted molar refractivity (Wildman–Crippen MR) is 105 cm³/mol. The Balaban J connectivity index is 1.45. The van der Waals surface area contributed by atoms with Crippen molar-refractivity contribution < 1.29 is 14.4 Å². The molecule has 2 heterocycles. The highest BCUT2D eigenvalue weighted by Crippen LogP contribution is 2.24. The van der Waals surface area contributed by atoms with Gasteiger partial charge in [0.25, 0.3) is 5.69 Å². The third-order valence-electron chi connectivity index (χ3n) is 5.01. The van der Waals surface area contributed by atoms with Crippen LogP contribution in [0, 0.1) is 10.1 Å². The highest BCUT2D eigenvalue weighted by molar-refractivity contribution is 5.81. The fourth-order valence-electron chi connectivity index (χ4n) is 3.54. The van der Waals surface area contributed by atoms with E-state index in [1.807, 2.05) is 0 Å². The molecule has 144 valence electrons. The molecule has 1 aliphatic rings. The molecule has 1 aromatic heterocycles. The molecule has 28 heavy (non-hydrogen) atoms. The molecule has 0 aliphatic carbocycles. The number of piperazine rings is 1. The van der Waals surface area contributed by atoms with Crippen LogP contribution in [0.2, 0.25) is 0 Å². The molecule has 2 aromatic carbocycles. The van der Waals surface area contributed by atoms with Crippen molar-refractivity contribution in [1.29, 1.82) is 0 Å². The first-order valence-electron chi connectivity index (χ1n) is 8.97. The summed E-state index contributed by atoms with van der Waals surface area (Å²) in [4.78, 5) is 26.7. The Kier molecular flexibility index (Phi) is 4.70. The average Bonchev–Trinajstić information content (AvgIpc) is 2.68. The highest BCUT2D eigenvalue weighted by atomic mass is 16.6. The van der Waals surface area contributed by atoms with Gasteiger partial charge in [-0.05, 0) is 29.8 Å². The first-order valence-corrected chi connectivity index (χ1v) is 8.97. The lowest BCUT2D eigenvalue weighted by atomic mass is 10.1. The SMILES string of the molecule is O=c1cc(CN2CCN(c3ccc([N+](=O)[O-])cc3)CC2)c2ccc(O)cc2o1. The minimum Gasteiger partial charge on any atom is -0.508 e. The fourth-order valence-corrected chi connectivity index (χ4v) is 3.54. The van der Waals surface area contributed by atoms with Crippen LogP contribution in [-0.2, 0) is 6.54 Å². The number of hydrogen-bond acceptors (Lipinski definition) is 7. The van der Waals surface area contributed by atoms with E-state index < -0.39 is 10.5 Å². The van der Waals surface area contributed by atoms with Gasteiger partial charge in [0, 0.05) is 68.1 Å². The van der Waals surface area contributed by atoms with Crippen molar-refractivity contribution in [3.63, 3.8) is 0 Å². The molecule has 1 N–H and O–H groups in total. The number of benzene rings is 2. The molecule has 0 atom stereocenters. The van der Waals surface area contributed by atoms with E-state index in [0.717, 1.165) is 42.8 Å². The summed E-state index contributed by atoms with van der Waals surface area (Å²) in [6, 6.07) is 12.9. The summed E-state index contributed by atoms with van der Waals surface area (Å²) in [6.45, 7) is 3.80. The quantitative estimate of drug-likeness (QED) is 0.421. The van der Waals surface area contributed by atoms with Gasteiger partial charge in [-0.2, -0.15) is 0 Å². The second-order valence-electron chi connectivity index (χ2n) is 6.81. The van der Waals surface area contributed by atoms with Crippen LogP contribution in [0.3, 0.4) is 0 Å². The standard InChI is InChI=1S/C20H19N3O5/c24-17-5-6-18-14(11-20(25)28-19(18)12-17)13-21-7-9-22(10-8-21)15-1-3-16(4-2-15)23(26)27/h1-6,11-12,24H,7-10,13H2. The lowest BCUT2D eigenvalue weighted by Crippen LogP contribution is -2.46. The summed E-state index contributed by atoms with van der Waals surface area (Å²) in [6.07, 6.45) is 0. The van der Waals surface area contributed by atoms with Crippen LogP contribution < -0.4 is 10.5 Å². The monoisotopic (exact) mass is 381 g/mol. The third-order valence-corrected chi connectivity index (χ3v) is 5.01. The molecule has 0 saturated carbocycles. The number of aromatic hydroxyl groups is 1. The zero-order valence-corrected chi connectivity index (χ0v) is 15.1. The van der Waals surface area contributed by atoms with Crippen molar-refractivity contribution in [1.82, 2.24) is 4.90 Å². The molecule has 8 heteroatoms. The lowest BCUT2D eigenvalue weighted by molar-refractivity contribution is -0.384. The van der Waals surface area contributed by atoms with Gasteiger partial charge in [-0.1, -0.05) is 0 Å². The molecule has 1 saturated heterocycles. The Bertz CT molecular complexity index is 1070. The van der Waals surface area contributed by atoms with E-state index in [0.29, 0.717) is 12.1 Å². The normalized spacial score (nSPS) is 15.1. The summed E-state index contributed by atoms with van der Waals surface area (Å²) in [7, 11) is 0. The molecule has 0 amide bonds. The van der Waals surface area contributed by atoms with Crippen molar-refractivity contribution >= 4 is 22.3 Å². The largest absolute Gasteiger partial charge is 0.508 e. The van der Waals surface area contributed by atoms with E-state index in [2.05, 4.69) is 9.80 Å². The summed E-state index contributed by atoms with van der Waals surface area (Å²) >= 11 is 0.